The normalized spacial score (nSPS) is 11.5. The zero-order valence-electron chi connectivity index (χ0n) is 15.7. The van der Waals surface area contributed by atoms with Crippen molar-refractivity contribution >= 4 is 22.7 Å². The number of benzene rings is 2. The molecule has 7 heteroatoms. The van der Waals surface area contributed by atoms with E-state index in [-0.39, 0.29) is 5.39 Å². The molecule has 1 heterocycles. The molecule has 0 N–H and O–H groups in total. The van der Waals surface area contributed by atoms with Crippen LogP contribution in [0.3, 0.4) is 0 Å². The molecule has 5 nitrogen and oxygen atoms in total. The minimum atomic E-state index is -0.578. The van der Waals surface area contributed by atoms with E-state index in [2.05, 4.69) is 4.98 Å². The van der Waals surface area contributed by atoms with Crippen molar-refractivity contribution in [2.24, 2.45) is 0 Å². The SMILES string of the molecule is COC(CSc1nc2cccc(F)c2c(=O)n1-c1ccc(C)c(C)c1)OC. The van der Waals surface area contributed by atoms with Crippen LogP contribution in [-0.4, -0.2) is 35.8 Å². The van der Waals surface area contributed by atoms with Crippen molar-refractivity contribution in [3.8, 4) is 5.69 Å². The van der Waals surface area contributed by atoms with Crippen LogP contribution in [0.5, 0.6) is 0 Å². The first-order chi connectivity index (χ1) is 13.0. The molecule has 27 heavy (non-hydrogen) atoms. The van der Waals surface area contributed by atoms with Crippen molar-refractivity contribution in [1.82, 2.24) is 9.55 Å². The molecule has 0 aliphatic carbocycles. The molecule has 3 rings (SSSR count). The van der Waals surface area contributed by atoms with Crippen molar-refractivity contribution in [2.45, 2.75) is 25.3 Å². The van der Waals surface area contributed by atoms with Crippen LogP contribution in [0, 0.1) is 19.7 Å². The van der Waals surface area contributed by atoms with Gasteiger partial charge in [-0.3, -0.25) is 9.36 Å². The van der Waals surface area contributed by atoms with Crippen LogP contribution in [0.2, 0.25) is 0 Å². The van der Waals surface area contributed by atoms with Gasteiger partial charge < -0.3 is 9.47 Å². The van der Waals surface area contributed by atoms with Crippen LogP contribution in [-0.2, 0) is 9.47 Å². The standard InChI is InChI=1S/C20H21FN2O3S/c1-12-8-9-14(10-13(12)2)23-19(24)18-15(21)6-5-7-16(18)22-20(23)27-11-17(25-3)26-4/h5-10,17H,11H2,1-4H3. The first-order valence-electron chi connectivity index (χ1n) is 8.43. The van der Waals surface area contributed by atoms with Crippen molar-refractivity contribution in [2.75, 3.05) is 20.0 Å². The molecule has 0 spiro atoms. The van der Waals surface area contributed by atoms with Crippen LogP contribution in [0.1, 0.15) is 11.1 Å². The highest BCUT2D eigenvalue weighted by molar-refractivity contribution is 7.99. The highest BCUT2D eigenvalue weighted by atomic mass is 32.2. The Labute approximate surface area is 161 Å². The third kappa shape index (κ3) is 3.90. The minimum absolute atomic E-state index is 0.0184. The fourth-order valence-corrected chi connectivity index (χ4v) is 3.77. The van der Waals surface area contributed by atoms with Crippen molar-refractivity contribution in [3.05, 3.63) is 63.7 Å². The highest BCUT2D eigenvalue weighted by Crippen LogP contribution is 2.24. The number of rotatable bonds is 6. The van der Waals surface area contributed by atoms with E-state index in [9.17, 15) is 9.18 Å². The van der Waals surface area contributed by atoms with Crippen LogP contribution in [0.15, 0.2) is 46.3 Å². The average molecular weight is 388 g/mol. The molecule has 0 amide bonds. The molecule has 0 saturated heterocycles. The number of hydrogen-bond donors (Lipinski definition) is 0. The second-order valence-corrected chi connectivity index (χ2v) is 7.14. The lowest BCUT2D eigenvalue weighted by atomic mass is 10.1. The summed E-state index contributed by atoms with van der Waals surface area (Å²) in [6.07, 6.45) is -0.441. The molecule has 2 aromatic carbocycles. The Kier molecular flexibility index (Phi) is 5.94. The van der Waals surface area contributed by atoms with Crippen molar-refractivity contribution in [1.29, 1.82) is 0 Å². The molecule has 0 aliphatic heterocycles. The molecule has 0 atom stereocenters. The summed E-state index contributed by atoms with van der Waals surface area (Å²) in [7, 11) is 3.10. The molecular weight excluding hydrogens is 367 g/mol. The third-order valence-electron chi connectivity index (χ3n) is 4.44. The van der Waals surface area contributed by atoms with E-state index in [1.807, 2.05) is 32.0 Å². The molecule has 1 aromatic heterocycles. The number of thioether (sulfide) groups is 1. The van der Waals surface area contributed by atoms with Gasteiger partial charge in [-0.05, 0) is 49.2 Å². The lowest BCUT2D eigenvalue weighted by molar-refractivity contribution is -0.0842. The summed E-state index contributed by atoms with van der Waals surface area (Å²) in [5.41, 5.74) is 2.69. The molecule has 0 saturated carbocycles. The predicted molar refractivity (Wildman–Crippen MR) is 105 cm³/mol. The third-order valence-corrected chi connectivity index (χ3v) is 5.41. The molecule has 0 aliphatic rings. The Hall–Kier alpha value is -2.22. The van der Waals surface area contributed by atoms with Gasteiger partial charge in [0, 0.05) is 14.2 Å². The Morgan fingerprint density at radius 1 is 1.15 bits per heavy atom. The van der Waals surface area contributed by atoms with Crippen LogP contribution in [0.25, 0.3) is 16.6 Å². The minimum Gasteiger partial charge on any atom is -0.355 e. The van der Waals surface area contributed by atoms with Crippen LogP contribution in [0.4, 0.5) is 4.39 Å². The lowest BCUT2D eigenvalue weighted by Gasteiger charge is -2.17. The predicted octanol–water partition coefficient (Wildman–Crippen LogP) is 3.85. The Morgan fingerprint density at radius 2 is 1.89 bits per heavy atom. The summed E-state index contributed by atoms with van der Waals surface area (Å²) in [6.45, 7) is 3.97. The van der Waals surface area contributed by atoms with Gasteiger partial charge in [0.05, 0.1) is 17.0 Å². The number of aryl methyl sites for hydroxylation is 2. The zero-order chi connectivity index (χ0) is 19.6. The largest absolute Gasteiger partial charge is 0.355 e. The summed E-state index contributed by atoms with van der Waals surface area (Å²) in [5.74, 6) is -0.142. The number of fused-ring (bicyclic) bond motifs is 1. The van der Waals surface area contributed by atoms with Gasteiger partial charge in [0.25, 0.3) is 5.56 Å². The van der Waals surface area contributed by atoms with Crippen molar-refractivity contribution in [3.63, 3.8) is 0 Å². The number of ether oxygens (including phenoxy) is 2. The van der Waals surface area contributed by atoms with E-state index in [0.29, 0.717) is 22.1 Å². The van der Waals surface area contributed by atoms with Crippen LogP contribution >= 0.6 is 11.8 Å². The molecule has 0 unspecified atom stereocenters. The Balaban J connectivity index is 2.22. The summed E-state index contributed by atoms with van der Waals surface area (Å²) < 4.78 is 26.2. The Morgan fingerprint density at radius 3 is 2.56 bits per heavy atom. The van der Waals surface area contributed by atoms with Gasteiger partial charge in [-0.2, -0.15) is 0 Å². The monoisotopic (exact) mass is 388 g/mol. The molecule has 0 bridgehead atoms. The number of hydrogen-bond acceptors (Lipinski definition) is 5. The Bertz CT molecular complexity index is 1030. The quantitative estimate of drug-likeness (QED) is 0.365. The van der Waals surface area contributed by atoms with E-state index >= 15 is 0 Å². The second kappa shape index (κ2) is 8.21. The number of methoxy groups -OCH3 is 2. The summed E-state index contributed by atoms with van der Waals surface area (Å²) in [6, 6.07) is 10.1. The highest BCUT2D eigenvalue weighted by Gasteiger charge is 2.18. The second-order valence-electron chi connectivity index (χ2n) is 6.15. The molecular formula is C20H21FN2O3S. The maximum atomic E-state index is 14.3. The van der Waals surface area contributed by atoms with E-state index in [0.717, 1.165) is 11.1 Å². The first kappa shape index (κ1) is 19.5. The summed E-state index contributed by atoms with van der Waals surface area (Å²) in [4.78, 5) is 17.7. The van der Waals surface area contributed by atoms with E-state index in [1.165, 1.54) is 22.4 Å². The number of aromatic nitrogens is 2. The summed E-state index contributed by atoms with van der Waals surface area (Å²) in [5, 5.41) is 0.440. The van der Waals surface area contributed by atoms with Gasteiger partial charge in [-0.25, -0.2) is 9.37 Å². The smallest absolute Gasteiger partial charge is 0.269 e. The number of halogens is 1. The van der Waals surface area contributed by atoms with Gasteiger partial charge >= 0.3 is 0 Å². The van der Waals surface area contributed by atoms with Crippen LogP contribution < -0.4 is 5.56 Å². The molecule has 3 aromatic rings. The molecule has 0 radical (unpaired) electrons. The number of nitrogens with zero attached hydrogens (tertiary/aromatic N) is 2. The maximum absolute atomic E-state index is 14.3. The lowest BCUT2D eigenvalue weighted by Crippen LogP contribution is -2.24. The van der Waals surface area contributed by atoms with E-state index in [4.69, 9.17) is 9.47 Å². The van der Waals surface area contributed by atoms with Gasteiger partial charge in [0.1, 0.15) is 11.2 Å². The fraction of sp³-hybridized carbons (Fsp3) is 0.300. The fourth-order valence-electron chi connectivity index (χ4n) is 2.73. The van der Waals surface area contributed by atoms with Gasteiger partial charge in [-0.15, -0.1) is 0 Å². The first-order valence-corrected chi connectivity index (χ1v) is 9.42. The molecule has 142 valence electrons. The maximum Gasteiger partial charge on any atom is 0.269 e. The van der Waals surface area contributed by atoms with E-state index in [1.54, 1.807) is 26.4 Å². The molecule has 0 fully saturated rings. The van der Waals surface area contributed by atoms with E-state index < -0.39 is 17.7 Å². The topological polar surface area (TPSA) is 53.3 Å². The van der Waals surface area contributed by atoms with Gasteiger partial charge in [0.15, 0.2) is 11.4 Å². The van der Waals surface area contributed by atoms with Gasteiger partial charge in [0.2, 0.25) is 0 Å². The van der Waals surface area contributed by atoms with Crippen molar-refractivity contribution < 1.29 is 13.9 Å². The summed E-state index contributed by atoms with van der Waals surface area (Å²) >= 11 is 1.32. The van der Waals surface area contributed by atoms with Gasteiger partial charge in [-0.1, -0.05) is 23.9 Å². The average Bonchev–Trinajstić information content (AvgIpc) is 2.65. The zero-order valence-corrected chi connectivity index (χ0v) is 16.5.